The monoisotopic (exact) mass is 319 g/mol. The lowest BCUT2D eigenvalue weighted by molar-refractivity contribution is -0.148. The number of carbonyl (C=O) groups excluding carboxylic acids is 3. The molecule has 1 aliphatic rings. The first kappa shape index (κ1) is 16.6. The summed E-state index contributed by atoms with van der Waals surface area (Å²) in [5, 5.41) is 11.1. The van der Waals surface area contributed by atoms with Crippen LogP contribution in [0.3, 0.4) is 0 Å². The van der Waals surface area contributed by atoms with Crippen LogP contribution in [-0.2, 0) is 25.6 Å². The van der Waals surface area contributed by atoms with Gasteiger partial charge < -0.3 is 16.2 Å². The Morgan fingerprint density at radius 1 is 1.30 bits per heavy atom. The second kappa shape index (κ2) is 7.01. The number of nitrogens with one attached hydrogen (secondary N) is 1. The molecule has 4 N–H and O–H groups in total. The summed E-state index contributed by atoms with van der Waals surface area (Å²) in [5.74, 6) is -3.20. The third-order valence-corrected chi connectivity index (χ3v) is 3.49. The molecule has 122 valence electrons. The summed E-state index contributed by atoms with van der Waals surface area (Å²) in [7, 11) is 0. The van der Waals surface area contributed by atoms with Crippen LogP contribution < -0.4 is 11.1 Å². The van der Waals surface area contributed by atoms with Crippen molar-refractivity contribution in [1.29, 1.82) is 0 Å². The van der Waals surface area contributed by atoms with E-state index in [0.717, 1.165) is 5.56 Å². The van der Waals surface area contributed by atoms with Gasteiger partial charge in [0.1, 0.15) is 12.6 Å². The molecule has 0 aliphatic carbocycles. The smallest absolute Gasteiger partial charge is 0.323 e. The molecule has 2 rings (SSSR count). The van der Waals surface area contributed by atoms with Crippen molar-refractivity contribution in [3.63, 3.8) is 0 Å². The molecule has 1 aromatic carbocycles. The second-order valence-electron chi connectivity index (χ2n) is 5.27. The zero-order valence-electron chi connectivity index (χ0n) is 12.3. The number of carboxylic acids is 1. The minimum Gasteiger partial charge on any atom is -0.480 e. The lowest BCUT2D eigenvalue weighted by Gasteiger charge is -2.16. The number of nitrogens with two attached hydrogens (primary N) is 1. The standard InChI is InChI=1S/C15H17N3O5/c16-10(6-9-4-2-1-3-5-9)14(22)17-11-7-12(19)18(15(11)23)8-13(20)21/h1-5,10-11H,6-8,16H2,(H,17,22)(H,20,21)/t10-,11-/m0/s1. The highest BCUT2D eigenvalue weighted by molar-refractivity contribution is 6.08. The Balaban J connectivity index is 1.93. The summed E-state index contributed by atoms with van der Waals surface area (Å²) < 4.78 is 0. The summed E-state index contributed by atoms with van der Waals surface area (Å²) in [4.78, 5) is 46.9. The average molecular weight is 319 g/mol. The topological polar surface area (TPSA) is 130 Å². The second-order valence-corrected chi connectivity index (χ2v) is 5.27. The van der Waals surface area contributed by atoms with Gasteiger partial charge in [0, 0.05) is 0 Å². The van der Waals surface area contributed by atoms with Gasteiger partial charge in [-0.15, -0.1) is 0 Å². The van der Waals surface area contributed by atoms with Gasteiger partial charge in [-0.1, -0.05) is 30.3 Å². The molecule has 1 fully saturated rings. The van der Waals surface area contributed by atoms with Crippen molar-refractivity contribution < 1.29 is 24.3 Å². The van der Waals surface area contributed by atoms with Gasteiger partial charge in [-0.25, -0.2) is 0 Å². The molecule has 0 spiro atoms. The molecule has 0 saturated carbocycles. The highest BCUT2D eigenvalue weighted by Gasteiger charge is 2.40. The SMILES string of the molecule is N[C@@H](Cc1ccccc1)C(=O)N[C@H]1CC(=O)N(CC(=O)O)C1=O. The third kappa shape index (κ3) is 4.13. The molecule has 0 bridgehead atoms. The van der Waals surface area contributed by atoms with Gasteiger partial charge in [-0.05, 0) is 12.0 Å². The van der Waals surface area contributed by atoms with E-state index in [1.165, 1.54) is 0 Å². The molecule has 0 radical (unpaired) electrons. The minimum absolute atomic E-state index is 0.254. The van der Waals surface area contributed by atoms with Crippen LogP contribution >= 0.6 is 0 Å². The van der Waals surface area contributed by atoms with Crippen molar-refractivity contribution in [2.75, 3.05) is 6.54 Å². The van der Waals surface area contributed by atoms with Gasteiger partial charge in [-0.3, -0.25) is 24.1 Å². The van der Waals surface area contributed by atoms with Gasteiger partial charge in [-0.2, -0.15) is 0 Å². The predicted octanol–water partition coefficient (Wildman–Crippen LogP) is -1.12. The molecule has 2 atom stereocenters. The Morgan fingerprint density at radius 3 is 2.57 bits per heavy atom. The van der Waals surface area contributed by atoms with Crippen LogP contribution in [-0.4, -0.2) is 52.3 Å². The minimum atomic E-state index is -1.29. The molecule has 3 amide bonds. The number of benzene rings is 1. The first-order valence-corrected chi connectivity index (χ1v) is 7.04. The van der Waals surface area contributed by atoms with Crippen LogP contribution in [0.2, 0.25) is 0 Å². The molecule has 8 heteroatoms. The molecule has 0 aromatic heterocycles. The van der Waals surface area contributed by atoms with Crippen molar-refractivity contribution in [3.05, 3.63) is 35.9 Å². The molecule has 0 unspecified atom stereocenters. The Kier molecular flexibility index (Phi) is 5.07. The van der Waals surface area contributed by atoms with E-state index in [9.17, 15) is 19.2 Å². The maximum absolute atomic E-state index is 12.0. The number of hydrogen-bond acceptors (Lipinski definition) is 5. The Bertz CT molecular complexity index is 631. The Morgan fingerprint density at radius 2 is 1.96 bits per heavy atom. The zero-order valence-corrected chi connectivity index (χ0v) is 12.3. The van der Waals surface area contributed by atoms with Gasteiger partial charge >= 0.3 is 5.97 Å². The van der Waals surface area contributed by atoms with E-state index in [4.69, 9.17) is 10.8 Å². The number of aliphatic carboxylic acids is 1. The highest BCUT2D eigenvalue weighted by Crippen LogP contribution is 2.13. The maximum Gasteiger partial charge on any atom is 0.323 e. The largest absolute Gasteiger partial charge is 0.480 e. The van der Waals surface area contributed by atoms with Crippen molar-refractivity contribution in [3.8, 4) is 0 Å². The van der Waals surface area contributed by atoms with E-state index >= 15 is 0 Å². The lowest BCUT2D eigenvalue weighted by atomic mass is 10.1. The average Bonchev–Trinajstić information content (AvgIpc) is 2.75. The summed E-state index contributed by atoms with van der Waals surface area (Å²) in [5.41, 5.74) is 6.68. The number of carboxylic acid groups (broad SMARTS) is 1. The van der Waals surface area contributed by atoms with Gasteiger partial charge in [0.05, 0.1) is 12.5 Å². The summed E-state index contributed by atoms with van der Waals surface area (Å²) >= 11 is 0. The van der Waals surface area contributed by atoms with E-state index < -0.39 is 42.3 Å². The van der Waals surface area contributed by atoms with Crippen LogP contribution in [0.1, 0.15) is 12.0 Å². The molecular formula is C15H17N3O5. The fourth-order valence-corrected chi connectivity index (χ4v) is 2.34. The van der Waals surface area contributed by atoms with Crippen molar-refractivity contribution in [1.82, 2.24) is 10.2 Å². The predicted molar refractivity (Wildman–Crippen MR) is 79.0 cm³/mol. The van der Waals surface area contributed by atoms with E-state index in [1.54, 1.807) is 0 Å². The van der Waals surface area contributed by atoms with Crippen LogP contribution in [0, 0.1) is 0 Å². The van der Waals surface area contributed by atoms with Crippen molar-refractivity contribution in [2.45, 2.75) is 24.9 Å². The number of hydrogen-bond donors (Lipinski definition) is 3. The quantitative estimate of drug-likeness (QED) is 0.570. The van der Waals surface area contributed by atoms with Crippen molar-refractivity contribution >= 4 is 23.7 Å². The summed E-state index contributed by atoms with van der Waals surface area (Å²) in [6.07, 6.45) is 0.0380. The third-order valence-electron chi connectivity index (χ3n) is 3.49. The maximum atomic E-state index is 12.0. The van der Waals surface area contributed by atoms with Gasteiger partial charge in [0.2, 0.25) is 11.8 Å². The van der Waals surface area contributed by atoms with Gasteiger partial charge in [0.15, 0.2) is 0 Å². The Hall–Kier alpha value is -2.74. The molecule has 8 nitrogen and oxygen atoms in total. The Labute approximate surface area is 132 Å². The van der Waals surface area contributed by atoms with Crippen LogP contribution in [0.15, 0.2) is 30.3 Å². The van der Waals surface area contributed by atoms with E-state index in [-0.39, 0.29) is 6.42 Å². The van der Waals surface area contributed by atoms with Crippen LogP contribution in [0.4, 0.5) is 0 Å². The first-order valence-electron chi connectivity index (χ1n) is 7.04. The first-order chi connectivity index (χ1) is 10.9. The fourth-order valence-electron chi connectivity index (χ4n) is 2.34. The highest BCUT2D eigenvalue weighted by atomic mass is 16.4. The number of imide groups is 1. The molecule has 23 heavy (non-hydrogen) atoms. The van der Waals surface area contributed by atoms with Gasteiger partial charge in [0.25, 0.3) is 5.91 Å². The number of carbonyl (C=O) groups is 4. The molecule has 1 aromatic rings. The molecule has 1 heterocycles. The normalized spacial score (nSPS) is 18.8. The number of amides is 3. The molecular weight excluding hydrogens is 302 g/mol. The molecule has 1 saturated heterocycles. The van der Waals surface area contributed by atoms with Crippen LogP contribution in [0.25, 0.3) is 0 Å². The number of likely N-dealkylation sites (tertiary alicyclic amines) is 1. The summed E-state index contributed by atoms with van der Waals surface area (Å²) in [6.45, 7) is -0.708. The number of nitrogens with zero attached hydrogens (tertiary/aromatic N) is 1. The van der Waals surface area contributed by atoms with Crippen molar-refractivity contribution in [2.24, 2.45) is 5.73 Å². The van der Waals surface area contributed by atoms with Crippen LogP contribution in [0.5, 0.6) is 0 Å². The van der Waals surface area contributed by atoms with E-state index in [1.807, 2.05) is 30.3 Å². The lowest BCUT2D eigenvalue weighted by Crippen LogP contribution is -2.49. The van der Waals surface area contributed by atoms with E-state index in [0.29, 0.717) is 11.3 Å². The van der Waals surface area contributed by atoms with E-state index in [2.05, 4.69) is 5.32 Å². The zero-order chi connectivity index (χ0) is 17.0. The summed E-state index contributed by atoms with van der Waals surface area (Å²) in [6, 6.07) is 7.21. The fraction of sp³-hybridized carbons (Fsp3) is 0.333. The molecule has 1 aliphatic heterocycles. The number of rotatable bonds is 6.